The van der Waals surface area contributed by atoms with Crippen LogP contribution in [-0.2, 0) is 21.2 Å². The van der Waals surface area contributed by atoms with E-state index in [1.54, 1.807) is 12.1 Å². The molecule has 1 amide bonds. The molecule has 5 nitrogen and oxygen atoms in total. The Bertz CT molecular complexity index is 681. The summed E-state index contributed by atoms with van der Waals surface area (Å²) in [6, 6.07) is 5.89. The van der Waals surface area contributed by atoms with Gasteiger partial charge in [-0.05, 0) is 17.7 Å². The maximum absolute atomic E-state index is 12.9. The van der Waals surface area contributed by atoms with Crippen LogP contribution in [0.2, 0.25) is 0 Å². The van der Waals surface area contributed by atoms with Crippen LogP contribution in [0.15, 0.2) is 24.3 Å². The molecular formula is C16H19FN2O3S. The van der Waals surface area contributed by atoms with E-state index in [4.69, 9.17) is 6.42 Å². The Labute approximate surface area is 136 Å². The number of rotatable bonds is 5. The number of benzene rings is 1. The highest BCUT2D eigenvalue weighted by Gasteiger charge is 2.24. The molecule has 2 rings (SSSR count). The quantitative estimate of drug-likeness (QED) is 0.735. The lowest BCUT2D eigenvalue weighted by Crippen LogP contribution is -2.46. The van der Waals surface area contributed by atoms with Crippen LogP contribution in [0, 0.1) is 18.2 Å². The second-order valence-corrected chi connectivity index (χ2v) is 7.81. The third-order valence-electron chi connectivity index (χ3n) is 3.72. The first-order valence-electron chi connectivity index (χ1n) is 7.28. The SMILES string of the molecule is C#CCN(Cc1ccc(F)cc1)C(=O)CN1CCS(=O)(=O)CC1. The van der Waals surface area contributed by atoms with Crippen LogP contribution >= 0.6 is 0 Å². The average Bonchev–Trinajstić information content (AvgIpc) is 2.51. The van der Waals surface area contributed by atoms with Gasteiger partial charge in [-0.3, -0.25) is 9.69 Å². The molecule has 7 heteroatoms. The van der Waals surface area contributed by atoms with Crippen molar-refractivity contribution in [3.63, 3.8) is 0 Å². The van der Waals surface area contributed by atoms with Crippen LogP contribution < -0.4 is 0 Å². The predicted octanol–water partition coefficient (Wildman–Crippen LogP) is 0.518. The predicted molar refractivity (Wildman–Crippen MR) is 85.7 cm³/mol. The summed E-state index contributed by atoms with van der Waals surface area (Å²) in [5, 5.41) is 0. The van der Waals surface area contributed by atoms with Crippen molar-refractivity contribution < 1.29 is 17.6 Å². The van der Waals surface area contributed by atoms with Gasteiger partial charge in [0.05, 0.1) is 24.6 Å². The fourth-order valence-electron chi connectivity index (χ4n) is 2.35. The van der Waals surface area contributed by atoms with E-state index >= 15 is 0 Å². The molecule has 1 aliphatic heterocycles. The summed E-state index contributed by atoms with van der Waals surface area (Å²) in [5.41, 5.74) is 0.788. The van der Waals surface area contributed by atoms with E-state index < -0.39 is 9.84 Å². The van der Waals surface area contributed by atoms with Crippen molar-refractivity contribution in [3.8, 4) is 12.3 Å². The first-order valence-corrected chi connectivity index (χ1v) is 9.10. The minimum absolute atomic E-state index is 0.0768. The van der Waals surface area contributed by atoms with Crippen LogP contribution in [-0.4, -0.2) is 61.8 Å². The number of carbonyl (C=O) groups is 1. The summed E-state index contributed by atoms with van der Waals surface area (Å²) in [4.78, 5) is 15.7. The zero-order chi connectivity index (χ0) is 16.9. The summed E-state index contributed by atoms with van der Waals surface area (Å²) in [5.74, 6) is 2.11. The number of hydrogen-bond acceptors (Lipinski definition) is 4. The van der Waals surface area contributed by atoms with E-state index in [2.05, 4.69) is 5.92 Å². The van der Waals surface area contributed by atoms with Gasteiger partial charge in [0.15, 0.2) is 9.84 Å². The van der Waals surface area contributed by atoms with Crippen LogP contribution in [0.25, 0.3) is 0 Å². The molecule has 1 aromatic rings. The van der Waals surface area contributed by atoms with Crippen molar-refractivity contribution in [2.45, 2.75) is 6.54 Å². The fourth-order valence-corrected chi connectivity index (χ4v) is 3.63. The maximum atomic E-state index is 12.9. The number of hydrogen-bond donors (Lipinski definition) is 0. The molecule has 0 N–H and O–H groups in total. The van der Waals surface area contributed by atoms with Gasteiger partial charge >= 0.3 is 0 Å². The molecule has 1 saturated heterocycles. The minimum Gasteiger partial charge on any atom is -0.326 e. The highest BCUT2D eigenvalue weighted by molar-refractivity contribution is 7.91. The van der Waals surface area contributed by atoms with E-state index in [1.165, 1.54) is 17.0 Å². The van der Waals surface area contributed by atoms with Crippen molar-refractivity contribution in [2.75, 3.05) is 37.7 Å². The smallest absolute Gasteiger partial charge is 0.237 e. The second kappa shape index (κ2) is 7.57. The number of nitrogens with zero attached hydrogens (tertiary/aromatic N) is 2. The van der Waals surface area contributed by atoms with Gasteiger partial charge in [-0.25, -0.2) is 12.8 Å². The third kappa shape index (κ3) is 5.34. The maximum Gasteiger partial charge on any atom is 0.237 e. The molecule has 1 aliphatic rings. The summed E-state index contributed by atoms with van der Waals surface area (Å²) >= 11 is 0. The molecule has 1 aromatic carbocycles. The Morgan fingerprint density at radius 2 is 1.87 bits per heavy atom. The van der Waals surface area contributed by atoms with Gasteiger partial charge in [0.25, 0.3) is 0 Å². The van der Waals surface area contributed by atoms with Crippen LogP contribution in [0.1, 0.15) is 5.56 Å². The second-order valence-electron chi connectivity index (χ2n) is 5.51. The molecular weight excluding hydrogens is 319 g/mol. The Hall–Kier alpha value is -1.91. The molecule has 124 valence electrons. The van der Waals surface area contributed by atoms with E-state index in [-0.39, 0.29) is 36.3 Å². The van der Waals surface area contributed by atoms with Crippen molar-refractivity contribution in [1.29, 1.82) is 0 Å². The van der Waals surface area contributed by atoms with Gasteiger partial charge in [-0.2, -0.15) is 0 Å². The molecule has 1 fully saturated rings. The Balaban J connectivity index is 1.95. The molecule has 0 aromatic heterocycles. The summed E-state index contributed by atoms with van der Waals surface area (Å²) in [7, 11) is -2.97. The topological polar surface area (TPSA) is 57.7 Å². The van der Waals surface area contributed by atoms with Crippen molar-refractivity contribution >= 4 is 15.7 Å². The van der Waals surface area contributed by atoms with E-state index in [1.807, 2.05) is 4.90 Å². The molecule has 0 saturated carbocycles. The molecule has 0 unspecified atom stereocenters. The Morgan fingerprint density at radius 3 is 2.43 bits per heavy atom. The number of amides is 1. The van der Waals surface area contributed by atoms with E-state index in [0.29, 0.717) is 19.6 Å². The fraction of sp³-hybridized carbons (Fsp3) is 0.438. The summed E-state index contributed by atoms with van der Waals surface area (Å²) < 4.78 is 35.7. The van der Waals surface area contributed by atoms with Crippen molar-refractivity contribution in [2.24, 2.45) is 0 Å². The van der Waals surface area contributed by atoms with Crippen LogP contribution in [0.3, 0.4) is 0 Å². The van der Waals surface area contributed by atoms with Gasteiger partial charge < -0.3 is 4.90 Å². The Kier molecular flexibility index (Phi) is 5.74. The van der Waals surface area contributed by atoms with E-state index in [9.17, 15) is 17.6 Å². The zero-order valence-corrected chi connectivity index (χ0v) is 13.6. The number of sulfone groups is 1. The minimum atomic E-state index is -2.97. The lowest BCUT2D eigenvalue weighted by Gasteiger charge is -2.28. The van der Waals surface area contributed by atoms with Gasteiger partial charge in [-0.1, -0.05) is 18.1 Å². The van der Waals surface area contributed by atoms with Crippen LogP contribution in [0.4, 0.5) is 4.39 Å². The Morgan fingerprint density at radius 1 is 1.26 bits per heavy atom. The van der Waals surface area contributed by atoms with E-state index in [0.717, 1.165) is 5.56 Å². The number of halogens is 1. The molecule has 0 bridgehead atoms. The molecule has 0 atom stereocenters. The number of carbonyl (C=O) groups excluding carboxylic acids is 1. The molecule has 0 aliphatic carbocycles. The largest absolute Gasteiger partial charge is 0.326 e. The van der Waals surface area contributed by atoms with Gasteiger partial charge in [0, 0.05) is 19.6 Å². The standard InChI is InChI=1S/C16H19FN2O3S/c1-2-7-19(12-14-3-5-15(17)6-4-14)16(20)13-18-8-10-23(21,22)11-9-18/h1,3-6H,7-13H2. The first kappa shape index (κ1) is 17.4. The van der Waals surface area contributed by atoms with Gasteiger partial charge in [-0.15, -0.1) is 6.42 Å². The zero-order valence-electron chi connectivity index (χ0n) is 12.7. The highest BCUT2D eigenvalue weighted by atomic mass is 32.2. The van der Waals surface area contributed by atoms with Gasteiger partial charge in [0.1, 0.15) is 5.82 Å². The summed E-state index contributed by atoms with van der Waals surface area (Å²) in [6.07, 6.45) is 5.32. The number of terminal acetylenes is 1. The third-order valence-corrected chi connectivity index (χ3v) is 5.33. The molecule has 23 heavy (non-hydrogen) atoms. The van der Waals surface area contributed by atoms with Crippen molar-refractivity contribution in [1.82, 2.24) is 9.80 Å². The molecule has 1 heterocycles. The van der Waals surface area contributed by atoms with Crippen molar-refractivity contribution in [3.05, 3.63) is 35.6 Å². The molecule has 0 spiro atoms. The normalized spacial score (nSPS) is 17.4. The average molecular weight is 338 g/mol. The first-order chi connectivity index (χ1) is 10.9. The monoisotopic (exact) mass is 338 g/mol. The summed E-state index contributed by atoms with van der Waals surface area (Å²) in [6.45, 7) is 1.30. The van der Waals surface area contributed by atoms with Gasteiger partial charge in [0.2, 0.25) is 5.91 Å². The lowest BCUT2D eigenvalue weighted by molar-refractivity contribution is -0.132. The van der Waals surface area contributed by atoms with Crippen LogP contribution in [0.5, 0.6) is 0 Å². The molecule has 0 radical (unpaired) electrons. The lowest BCUT2D eigenvalue weighted by atomic mass is 10.2. The highest BCUT2D eigenvalue weighted by Crippen LogP contribution is 2.09.